The van der Waals surface area contributed by atoms with Crippen molar-refractivity contribution in [3.63, 3.8) is 0 Å². The molecule has 0 aliphatic carbocycles. The van der Waals surface area contributed by atoms with Crippen molar-refractivity contribution in [1.29, 1.82) is 0 Å². The van der Waals surface area contributed by atoms with Crippen molar-refractivity contribution >= 4 is 29.8 Å². The molecule has 0 bridgehead atoms. The number of rotatable bonds is 25. The van der Waals surface area contributed by atoms with E-state index in [1.165, 1.54) is 51.4 Å². The summed E-state index contributed by atoms with van der Waals surface area (Å²) < 4.78 is 23.0. The van der Waals surface area contributed by atoms with Gasteiger partial charge in [-0.2, -0.15) is 0 Å². The summed E-state index contributed by atoms with van der Waals surface area (Å²) in [5.41, 5.74) is -3.93. The quantitative estimate of drug-likeness (QED) is 0.0549. The highest BCUT2D eigenvalue weighted by Crippen LogP contribution is 2.30. The van der Waals surface area contributed by atoms with Crippen LogP contribution in [0.25, 0.3) is 0 Å². The molecule has 0 aromatic carbocycles. The van der Waals surface area contributed by atoms with Gasteiger partial charge in [-0.1, -0.05) is 71.1 Å². The molecule has 0 radical (unpaired) electrons. The van der Waals surface area contributed by atoms with Crippen molar-refractivity contribution in [2.45, 2.75) is 208 Å². The van der Waals surface area contributed by atoms with Crippen LogP contribution in [0.3, 0.4) is 0 Å². The second-order valence-electron chi connectivity index (χ2n) is 20.6. The molecule has 0 atom stereocenters. The number of carbonyl (C=O) groups excluding carboxylic acids is 5. The highest BCUT2D eigenvalue weighted by molar-refractivity contribution is 5.76. The molecule has 1 heterocycles. The van der Waals surface area contributed by atoms with E-state index in [0.717, 1.165) is 12.8 Å². The molecule has 1 N–H and O–H groups in total. The minimum atomic E-state index is -0.971. The largest absolute Gasteiger partial charge is 0.459 e. The van der Waals surface area contributed by atoms with Crippen LogP contribution in [0.1, 0.15) is 180 Å². The van der Waals surface area contributed by atoms with Crippen LogP contribution in [0.4, 0.5) is 0 Å². The van der Waals surface area contributed by atoms with Crippen LogP contribution in [0.15, 0.2) is 0 Å². The van der Waals surface area contributed by atoms with E-state index in [1.807, 2.05) is 51.3 Å². The van der Waals surface area contributed by atoms with Gasteiger partial charge in [0.1, 0.15) is 22.4 Å². The number of esters is 4. The van der Waals surface area contributed by atoms with Crippen molar-refractivity contribution in [2.24, 2.45) is 0 Å². The Morgan fingerprint density at radius 1 is 0.525 bits per heavy atom. The summed E-state index contributed by atoms with van der Waals surface area (Å²) in [6.45, 7) is 25.3. The zero-order valence-corrected chi connectivity index (χ0v) is 39.8. The fraction of sp³-hybridized carbons (Fsp3) is 0.891. The molecule has 0 aromatic rings. The van der Waals surface area contributed by atoms with Gasteiger partial charge in [0.05, 0.1) is 26.2 Å². The third kappa shape index (κ3) is 27.7. The highest BCUT2D eigenvalue weighted by atomic mass is 16.6. The van der Waals surface area contributed by atoms with Crippen LogP contribution in [-0.4, -0.2) is 131 Å². The van der Waals surface area contributed by atoms with Crippen LogP contribution in [0.2, 0.25) is 0 Å². The van der Waals surface area contributed by atoms with Crippen LogP contribution < -0.4 is 5.32 Å². The van der Waals surface area contributed by atoms with Gasteiger partial charge in [-0.05, 0) is 102 Å². The van der Waals surface area contributed by atoms with Crippen LogP contribution >= 0.6 is 0 Å². The first-order valence-corrected chi connectivity index (χ1v) is 22.5. The third-order valence-corrected chi connectivity index (χ3v) is 9.61. The summed E-state index contributed by atoms with van der Waals surface area (Å²) >= 11 is 0. The molecule has 1 rings (SSSR count). The van der Waals surface area contributed by atoms with Crippen molar-refractivity contribution in [3.8, 4) is 0 Å². The average molecular weight is 839 g/mol. The van der Waals surface area contributed by atoms with E-state index >= 15 is 0 Å². The van der Waals surface area contributed by atoms with Crippen LogP contribution in [0.5, 0.6) is 0 Å². The topological polar surface area (TPSA) is 144 Å². The normalized spacial score (nSPS) is 15.7. The molecule has 13 heteroatoms. The van der Waals surface area contributed by atoms with Crippen molar-refractivity contribution in [3.05, 3.63) is 0 Å². The molecule has 1 aliphatic heterocycles. The van der Waals surface area contributed by atoms with E-state index in [2.05, 4.69) is 12.2 Å². The smallest absolute Gasteiger partial charge is 0.320 e. The van der Waals surface area contributed by atoms with Gasteiger partial charge in [-0.3, -0.25) is 38.7 Å². The Labute approximate surface area is 358 Å². The highest BCUT2D eigenvalue weighted by Gasteiger charge is 2.45. The van der Waals surface area contributed by atoms with Gasteiger partial charge < -0.3 is 24.3 Å². The van der Waals surface area contributed by atoms with Gasteiger partial charge in [-0.15, -0.1) is 0 Å². The standard InChI is InChI=1S/C46H86N4O9/c1-14-15-16-17-18-19-20-21-22-25-28-47-37(51)26-23-24-27-46(50(33-40(54)58-44(8,9)10)34-41(55)59-45(11,12)13)35-48(31-38(52)56-42(2,3)4)29-30-49(36-46)32-39(53)57-43(5,6)7/h14-36H2,1-13H3,(H,47,51). The number of unbranched alkanes of at least 4 members (excludes halogenated alkanes) is 10. The maximum atomic E-state index is 13.7. The molecule has 344 valence electrons. The van der Waals surface area contributed by atoms with Gasteiger partial charge in [0.15, 0.2) is 0 Å². The van der Waals surface area contributed by atoms with Crippen LogP contribution in [-0.2, 0) is 42.9 Å². The molecule has 1 fully saturated rings. The number of hydrogen-bond acceptors (Lipinski definition) is 12. The molecule has 1 amide bonds. The van der Waals surface area contributed by atoms with Crippen molar-refractivity contribution in [2.75, 3.05) is 58.9 Å². The summed E-state index contributed by atoms with van der Waals surface area (Å²) in [6, 6.07) is 0. The zero-order valence-electron chi connectivity index (χ0n) is 39.8. The Morgan fingerprint density at radius 3 is 1.29 bits per heavy atom. The Morgan fingerprint density at radius 2 is 0.898 bits per heavy atom. The minimum absolute atomic E-state index is 0.00619. The van der Waals surface area contributed by atoms with E-state index in [4.69, 9.17) is 18.9 Å². The summed E-state index contributed by atoms with van der Waals surface area (Å²) in [5.74, 6) is -1.86. The van der Waals surface area contributed by atoms with Crippen molar-refractivity contribution < 1.29 is 42.9 Å². The zero-order chi connectivity index (χ0) is 44.9. The lowest BCUT2D eigenvalue weighted by Crippen LogP contribution is -2.62. The number of carbonyl (C=O) groups is 5. The maximum Gasteiger partial charge on any atom is 0.320 e. The molecule has 59 heavy (non-hydrogen) atoms. The molecule has 13 nitrogen and oxygen atoms in total. The van der Waals surface area contributed by atoms with E-state index in [-0.39, 0.29) is 45.2 Å². The van der Waals surface area contributed by atoms with Gasteiger partial charge >= 0.3 is 23.9 Å². The molecule has 0 aromatic heterocycles. The van der Waals surface area contributed by atoms with Gasteiger partial charge in [-0.25, -0.2) is 0 Å². The van der Waals surface area contributed by atoms with E-state index in [9.17, 15) is 24.0 Å². The Hall–Kier alpha value is -2.77. The Bertz CT molecular complexity index is 1210. The molecule has 0 saturated carbocycles. The first-order valence-electron chi connectivity index (χ1n) is 22.5. The first kappa shape index (κ1) is 54.2. The molecule has 1 saturated heterocycles. The number of hydrogen-bond donors (Lipinski definition) is 1. The second-order valence-corrected chi connectivity index (χ2v) is 20.6. The van der Waals surface area contributed by atoms with Crippen LogP contribution in [0, 0.1) is 0 Å². The minimum Gasteiger partial charge on any atom is -0.459 e. The molecule has 1 aliphatic rings. The number of ether oxygens (including phenoxy) is 4. The second kappa shape index (κ2) is 25.9. The SMILES string of the molecule is CCCCCCCCCCCCNC(=O)CCCCC1(N(CC(=O)OC(C)(C)C)CC(=O)OC(C)(C)C)CN(CC(=O)OC(C)(C)C)CCN(CC(=O)OC(C)(C)C)C1. The lowest BCUT2D eigenvalue weighted by molar-refractivity contribution is -0.166. The molecular formula is C46H86N4O9. The molecule has 0 spiro atoms. The number of nitrogens with one attached hydrogen (secondary N) is 1. The third-order valence-electron chi connectivity index (χ3n) is 9.61. The lowest BCUT2D eigenvalue weighted by Gasteiger charge is -2.46. The van der Waals surface area contributed by atoms with E-state index < -0.39 is 51.8 Å². The predicted octanol–water partition coefficient (Wildman–Crippen LogP) is 7.61. The summed E-state index contributed by atoms with van der Waals surface area (Å²) in [5, 5.41) is 3.09. The number of amides is 1. The Balaban J connectivity index is 3.39. The van der Waals surface area contributed by atoms with E-state index in [0.29, 0.717) is 45.3 Å². The van der Waals surface area contributed by atoms with E-state index in [1.54, 1.807) is 46.4 Å². The van der Waals surface area contributed by atoms with Gasteiger partial charge in [0, 0.05) is 44.7 Å². The molecule has 0 unspecified atom stereocenters. The summed E-state index contributed by atoms with van der Waals surface area (Å²) in [6.07, 6.45) is 14.2. The lowest BCUT2D eigenvalue weighted by atomic mass is 9.88. The van der Waals surface area contributed by atoms with Gasteiger partial charge in [0.25, 0.3) is 0 Å². The first-order chi connectivity index (χ1) is 27.2. The fourth-order valence-electron chi connectivity index (χ4n) is 7.34. The predicted molar refractivity (Wildman–Crippen MR) is 234 cm³/mol. The van der Waals surface area contributed by atoms with Gasteiger partial charge in [0.2, 0.25) is 5.91 Å². The summed E-state index contributed by atoms with van der Waals surface area (Å²) in [7, 11) is 0. The molecular weight excluding hydrogens is 753 g/mol. The average Bonchev–Trinajstić information content (AvgIpc) is 3.21. The monoisotopic (exact) mass is 839 g/mol. The number of nitrogens with zero attached hydrogens (tertiary/aromatic N) is 3. The Kier molecular flexibility index (Phi) is 23.8. The fourth-order valence-corrected chi connectivity index (χ4v) is 7.34. The van der Waals surface area contributed by atoms with Crippen molar-refractivity contribution in [1.82, 2.24) is 20.0 Å². The summed E-state index contributed by atoms with van der Waals surface area (Å²) in [4.78, 5) is 72.7. The maximum absolute atomic E-state index is 13.7.